The van der Waals surface area contributed by atoms with Crippen molar-refractivity contribution >= 4 is 17.9 Å². The number of carbonyl (C=O) groups is 3. The molecule has 89 heavy (non-hydrogen) atoms. The van der Waals surface area contributed by atoms with Crippen molar-refractivity contribution in [3.63, 3.8) is 0 Å². The van der Waals surface area contributed by atoms with Gasteiger partial charge in [0, 0.05) is 12.8 Å². The Morgan fingerprint density at radius 1 is 0.337 bits per heavy atom. The van der Waals surface area contributed by atoms with E-state index in [9.17, 15) is 19.5 Å². The van der Waals surface area contributed by atoms with Gasteiger partial charge < -0.3 is 28.5 Å². The van der Waals surface area contributed by atoms with Gasteiger partial charge in [0.15, 0.2) is 6.10 Å². The number of ether oxygens (including phenoxy) is 4. The van der Waals surface area contributed by atoms with Gasteiger partial charge in [0.2, 0.25) is 0 Å². The Labute approximate surface area is 548 Å². The molecule has 2 atom stereocenters. The number of hydrogen-bond donors (Lipinski definition) is 1. The highest BCUT2D eigenvalue weighted by Gasteiger charge is 2.25. The Morgan fingerprint density at radius 3 is 0.899 bits per heavy atom. The largest absolute Gasteiger partial charge is 0.477 e. The Balaban J connectivity index is 4.11. The molecule has 0 radical (unpaired) electrons. The van der Waals surface area contributed by atoms with Crippen LogP contribution in [-0.4, -0.2) is 87.4 Å². The molecule has 0 aliphatic carbocycles. The Bertz CT molecular complexity index is 1930. The van der Waals surface area contributed by atoms with Crippen LogP contribution in [0.25, 0.3) is 0 Å². The second kappa shape index (κ2) is 69.3. The van der Waals surface area contributed by atoms with Gasteiger partial charge in [0.05, 0.1) is 34.4 Å². The molecule has 0 saturated carbocycles. The first-order chi connectivity index (χ1) is 43.6. The first-order valence-electron chi connectivity index (χ1n) is 36.3. The van der Waals surface area contributed by atoms with Crippen molar-refractivity contribution in [2.75, 3.05) is 47.5 Å². The van der Waals surface area contributed by atoms with Crippen molar-refractivity contribution in [1.82, 2.24) is 0 Å². The topological polar surface area (TPSA) is 108 Å². The molecule has 9 nitrogen and oxygen atoms in total. The first kappa shape index (κ1) is 84.4. The van der Waals surface area contributed by atoms with Gasteiger partial charge in [-0.1, -0.05) is 308 Å². The molecule has 2 unspecified atom stereocenters. The zero-order valence-electron chi connectivity index (χ0n) is 58.0. The lowest BCUT2D eigenvalue weighted by atomic mass is 10.0. The number of carboxylic acid groups (broad SMARTS) is 1. The van der Waals surface area contributed by atoms with Crippen LogP contribution in [-0.2, 0) is 33.3 Å². The van der Waals surface area contributed by atoms with Crippen LogP contribution in [0.2, 0.25) is 0 Å². The van der Waals surface area contributed by atoms with Crippen LogP contribution >= 0.6 is 0 Å². The van der Waals surface area contributed by atoms with Gasteiger partial charge in [0.25, 0.3) is 6.29 Å². The minimum atomic E-state index is -1.52. The second-order valence-electron chi connectivity index (χ2n) is 25.1. The molecule has 0 spiro atoms. The molecule has 0 saturated heterocycles. The van der Waals surface area contributed by atoms with E-state index in [0.717, 1.165) is 116 Å². The third-order valence-electron chi connectivity index (χ3n) is 15.4. The van der Waals surface area contributed by atoms with Gasteiger partial charge in [-0.2, -0.15) is 0 Å². The summed E-state index contributed by atoms with van der Waals surface area (Å²) in [4.78, 5) is 37.7. The lowest BCUT2D eigenvalue weighted by Crippen LogP contribution is -2.40. The van der Waals surface area contributed by atoms with Crippen molar-refractivity contribution in [1.29, 1.82) is 0 Å². The standard InChI is InChI=1S/C80H135NO8/c1-6-8-10-12-14-16-18-20-22-24-26-28-30-32-34-36-38-39-41-42-44-46-48-50-52-54-56-58-60-62-64-66-68-70-77(82)87-74-76(75-88-80(79(84)85)86-73-72-81(3,4)5)89-78(83)71-69-67-65-63-61-59-57-55-53-51-49-47-45-43-40-37-35-33-31-29-27-25-23-21-19-17-15-13-11-9-7-2/h8-11,14-17,20-23,26-29,33,35,40,43,47,49,76,80H,6-7,12-13,18-19,24-25,30-32,34,36-39,41-42,44-46,48,50-75H2,1-5H3/p+1/b10-8-,11-9-,16-14-,17-15-,22-20-,23-21-,28-26-,29-27-,35-33-,43-40-,49-47-. The third-order valence-corrected chi connectivity index (χ3v) is 15.4. The van der Waals surface area contributed by atoms with Crippen molar-refractivity contribution < 1.29 is 42.9 Å². The summed E-state index contributed by atoms with van der Waals surface area (Å²) in [5.74, 6) is -2.01. The molecule has 0 rings (SSSR count). The number of esters is 2. The number of carbonyl (C=O) groups excluding carboxylic acids is 2. The molecule has 0 aromatic heterocycles. The fourth-order valence-electron chi connectivity index (χ4n) is 9.93. The van der Waals surface area contributed by atoms with Crippen LogP contribution in [0, 0.1) is 0 Å². The minimum Gasteiger partial charge on any atom is -0.477 e. The zero-order valence-corrected chi connectivity index (χ0v) is 58.0. The Morgan fingerprint density at radius 2 is 0.607 bits per heavy atom. The molecule has 508 valence electrons. The molecule has 0 fully saturated rings. The van der Waals surface area contributed by atoms with Crippen LogP contribution in [0.5, 0.6) is 0 Å². The Kier molecular flexibility index (Phi) is 65.8. The van der Waals surface area contributed by atoms with Crippen molar-refractivity contribution in [2.24, 2.45) is 0 Å². The van der Waals surface area contributed by atoms with Gasteiger partial charge >= 0.3 is 17.9 Å². The second-order valence-corrected chi connectivity index (χ2v) is 25.1. The SMILES string of the molecule is CC/C=C\C/C=C\C/C=C\C/C=C\C/C=C\C/C=C\C/C=C\CCCCCCCCCCCC(=O)OC(COC(=O)CCCCCCCCCCCCCCCCCCCCCC/C=C\C/C=C\C/C=C\C/C=C\CC)COC(OCC[N+](C)(C)C)C(=O)O. The summed E-state index contributed by atoms with van der Waals surface area (Å²) < 4.78 is 23.0. The number of nitrogens with zero attached hydrogens (tertiary/aromatic N) is 1. The van der Waals surface area contributed by atoms with Crippen LogP contribution in [0.1, 0.15) is 296 Å². The molecule has 0 aliphatic rings. The molecule has 1 N–H and O–H groups in total. The van der Waals surface area contributed by atoms with Crippen LogP contribution in [0.3, 0.4) is 0 Å². The lowest BCUT2D eigenvalue weighted by Gasteiger charge is -2.25. The number of rotatable bonds is 66. The van der Waals surface area contributed by atoms with Gasteiger partial charge in [0.1, 0.15) is 13.2 Å². The smallest absolute Gasteiger partial charge is 0.361 e. The summed E-state index contributed by atoms with van der Waals surface area (Å²) in [6.45, 7) is 4.66. The number of likely N-dealkylation sites (N-methyl/N-ethyl adjacent to an activating group) is 1. The monoisotopic (exact) mass is 1240 g/mol. The lowest BCUT2D eigenvalue weighted by molar-refractivity contribution is -0.870. The van der Waals surface area contributed by atoms with Crippen LogP contribution in [0.4, 0.5) is 0 Å². The molecular formula is C80H136NO8+. The number of hydrogen-bond acceptors (Lipinski definition) is 7. The maximum atomic E-state index is 13.0. The minimum absolute atomic E-state index is 0.182. The fraction of sp³-hybridized carbons (Fsp3) is 0.688. The molecular weight excluding hydrogens is 1100 g/mol. The molecule has 0 heterocycles. The van der Waals surface area contributed by atoms with E-state index < -0.39 is 24.3 Å². The van der Waals surface area contributed by atoms with E-state index in [1.54, 1.807) is 0 Å². The third kappa shape index (κ3) is 70.7. The summed E-state index contributed by atoms with van der Waals surface area (Å²) in [6.07, 6.45) is 97.1. The average Bonchev–Trinajstić information content (AvgIpc) is 3.64. The van der Waals surface area contributed by atoms with Crippen molar-refractivity contribution in [2.45, 2.75) is 309 Å². The average molecular weight is 1240 g/mol. The van der Waals surface area contributed by atoms with Gasteiger partial charge in [-0.05, 0) is 109 Å². The predicted octanol–water partition coefficient (Wildman–Crippen LogP) is 22.9. The zero-order chi connectivity index (χ0) is 64.7. The number of quaternary nitrogens is 1. The highest BCUT2D eigenvalue weighted by atomic mass is 16.7. The quantitative estimate of drug-likeness (QED) is 0.0211. The van der Waals surface area contributed by atoms with Gasteiger partial charge in [-0.25, -0.2) is 4.79 Å². The van der Waals surface area contributed by atoms with Crippen LogP contribution in [0.15, 0.2) is 134 Å². The maximum absolute atomic E-state index is 13.0. The van der Waals surface area contributed by atoms with E-state index in [4.69, 9.17) is 18.9 Å². The molecule has 0 aromatic rings. The molecule has 0 aromatic carbocycles. The van der Waals surface area contributed by atoms with E-state index in [1.807, 2.05) is 21.1 Å². The fourth-order valence-corrected chi connectivity index (χ4v) is 9.93. The van der Waals surface area contributed by atoms with Gasteiger partial charge in [-0.15, -0.1) is 0 Å². The molecule has 0 aliphatic heterocycles. The van der Waals surface area contributed by atoms with E-state index >= 15 is 0 Å². The summed E-state index contributed by atoms with van der Waals surface area (Å²) >= 11 is 0. The van der Waals surface area contributed by atoms with E-state index in [2.05, 4.69) is 148 Å². The number of aliphatic carboxylic acids is 1. The Hall–Kier alpha value is -4.57. The summed E-state index contributed by atoms with van der Waals surface area (Å²) in [5.41, 5.74) is 0. The van der Waals surface area contributed by atoms with E-state index in [-0.39, 0.29) is 32.2 Å². The summed E-state index contributed by atoms with van der Waals surface area (Å²) in [5, 5.41) is 9.76. The summed E-state index contributed by atoms with van der Waals surface area (Å²) in [6, 6.07) is 0. The van der Waals surface area contributed by atoms with Crippen LogP contribution < -0.4 is 0 Å². The molecule has 9 heteroatoms. The number of allylic oxidation sites excluding steroid dienone is 22. The first-order valence-corrected chi connectivity index (χ1v) is 36.3. The molecule has 0 bridgehead atoms. The van der Waals surface area contributed by atoms with Crippen molar-refractivity contribution in [3.8, 4) is 0 Å². The maximum Gasteiger partial charge on any atom is 0.361 e. The predicted molar refractivity (Wildman–Crippen MR) is 382 cm³/mol. The summed E-state index contributed by atoms with van der Waals surface area (Å²) in [7, 11) is 5.97. The number of carboxylic acids is 1. The van der Waals surface area contributed by atoms with Crippen molar-refractivity contribution in [3.05, 3.63) is 134 Å². The highest BCUT2D eigenvalue weighted by molar-refractivity contribution is 5.71. The highest BCUT2D eigenvalue weighted by Crippen LogP contribution is 2.17. The molecule has 0 amide bonds. The van der Waals surface area contributed by atoms with Gasteiger partial charge in [-0.3, -0.25) is 9.59 Å². The normalized spacial score (nSPS) is 13.5. The number of unbranched alkanes of at least 4 members (excludes halogenated alkanes) is 29. The van der Waals surface area contributed by atoms with E-state index in [0.29, 0.717) is 23.9 Å². The van der Waals surface area contributed by atoms with E-state index in [1.165, 1.54) is 148 Å².